The minimum absolute atomic E-state index is 0.629. The first-order valence-corrected chi connectivity index (χ1v) is 9.62. The first-order valence-electron chi connectivity index (χ1n) is 9.62. The summed E-state index contributed by atoms with van der Waals surface area (Å²) in [5, 5.41) is 11.9. The average Bonchev–Trinajstić information content (AvgIpc) is 3.36. The van der Waals surface area contributed by atoms with Gasteiger partial charge in [-0.3, -0.25) is 9.36 Å². The lowest BCUT2D eigenvalue weighted by Gasteiger charge is -2.12. The zero-order valence-electron chi connectivity index (χ0n) is 17.1. The summed E-state index contributed by atoms with van der Waals surface area (Å²) in [5.74, 6) is 1.38. The summed E-state index contributed by atoms with van der Waals surface area (Å²) in [4.78, 5) is 9.44. The summed E-state index contributed by atoms with van der Waals surface area (Å²) < 4.78 is 3.54. The van der Waals surface area contributed by atoms with E-state index in [4.69, 9.17) is 10.7 Å². The molecule has 0 saturated heterocycles. The third-order valence-electron chi connectivity index (χ3n) is 4.70. The van der Waals surface area contributed by atoms with Crippen molar-refractivity contribution in [1.82, 2.24) is 29.5 Å². The van der Waals surface area contributed by atoms with Crippen molar-refractivity contribution in [1.29, 1.82) is 0 Å². The standard InChI is InChI=1S/C22H24N8/c1-15(23)7-8-24-22-20(19-11-27-30(3)14-19)12-25-21(28-22)17-6-4-5-16(9-17)18-10-26-29(2)13-18/h4-6,9-14H,1,7-8,23H2,2-3H3,(H,24,25,28). The lowest BCUT2D eigenvalue weighted by Crippen LogP contribution is -2.09. The molecule has 30 heavy (non-hydrogen) atoms. The van der Waals surface area contributed by atoms with E-state index in [-0.39, 0.29) is 0 Å². The van der Waals surface area contributed by atoms with E-state index in [2.05, 4.69) is 39.2 Å². The van der Waals surface area contributed by atoms with Crippen molar-refractivity contribution in [2.24, 2.45) is 19.8 Å². The van der Waals surface area contributed by atoms with Gasteiger partial charge in [-0.1, -0.05) is 24.8 Å². The number of hydrogen-bond acceptors (Lipinski definition) is 6. The molecule has 0 radical (unpaired) electrons. The molecule has 4 rings (SSSR count). The number of anilines is 1. The number of hydrogen-bond donors (Lipinski definition) is 2. The van der Waals surface area contributed by atoms with Crippen molar-refractivity contribution in [2.75, 3.05) is 11.9 Å². The molecule has 0 atom stereocenters. The molecular weight excluding hydrogens is 376 g/mol. The minimum Gasteiger partial charge on any atom is -0.402 e. The van der Waals surface area contributed by atoms with Crippen LogP contribution in [0.1, 0.15) is 6.42 Å². The van der Waals surface area contributed by atoms with Crippen LogP contribution in [0.3, 0.4) is 0 Å². The second-order valence-corrected chi connectivity index (χ2v) is 7.18. The van der Waals surface area contributed by atoms with Gasteiger partial charge in [-0.2, -0.15) is 10.2 Å². The zero-order chi connectivity index (χ0) is 21.1. The van der Waals surface area contributed by atoms with Crippen LogP contribution in [0.4, 0.5) is 5.82 Å². The topological polar surface area (TPSA) is 99.5 Å². The summed E-state index contributed by atoms with van der Waals surface area (Å²) in [6.07, 6.45) is 10.1. The predicted molar refractivity (Wildman–Crippen MR) is 118 cm³/mol. The average molecular weight is 400 g/mol. The molecule has 0 spiro atoms. The fraction of sp³-hybridized carbons (Fsp3) is 0.182. The van der Waals surface area contributed by atoms with Crippen LogP contribution < -0.4 is 11.1 Å². The third kappa shape index (κ3) is 4.22. The van der Waals surface area contributed by atoms with Crippen LogP contribution in [0, 0.1) is 0 Å². The van der Waals surface area contributed by atoms with E-state index in [0.717, 1.165) is 33.6 Å². The highest BCUT2D eigenvalue weighted by Gasteiger charge is 2.13. The number of nitrogens with two attached hydrogens (primary N) is 1. The Labute approximate surface area is 175 Å². The number of nitrogens with one attached hydrogen (secondary N) is 1. The van der Waals surface area contributed by atoms with Gasteiger partial charge in [-0.05, 0) is 11.6 Å². The molecule has 4 aromatic rings. The van der Waals surface area contributed by atoms with Crippen molar-refractivity contribution < 1.29 is 0 Å². The first-order chi connectivity index (χ1) is 14.5. The van der Waals surface area contributed by atoms with Gasteiger partial charge in [0.05, 0.1) is 12.4 Å². The molecule has 0 aliphatic heterocycles. The van der Waals surface area contributed by atoms with E-state index >= 15 is 0 Å². The summed E-state index contributed by atoms with van der Waals surface area (Å²) in [6, 6.07) is 8.13. The van der Waals surface area contributed by atoms with Gasteiger partial charge in [0.25, 0.3) is 0 Å². The van der Waals surface area contributed by atoms with Crippen LogP contribution in [-0.2, 0) is 14.1 Å². The maximum Gasteiger partial charge on any atom is 0.161 e. The maximum atomic E-state index is 5.72. The van der Waals surface area contributed by atoms with Crippen LogP contribution in [0.25, 0.3) is 33.6 Å². The van der Waals surface area contributed by atoms with Gasteiger partial charge in [0, 0.05) is 73.6 Å². The maximum absolute atomic E-state index is 5.72. The molecule has 0 bridgehead atoms. The second kappa shape index (κ2) is 8.20. The van der Waals surface area contributed by atoms with Crippen LogP contribution in [0.2, 0.25) is 0 Å². The summed E-state index contributed by atoms with van der Waals surface area (Å²) in [6.45, 7) is 4.39. The van der Waals surface area contributed by atoms with Crippen molar-refractivity contribution in [3.05, 3.63) is 67.5 Å². The SMILES string of the molecule is C=C(N)CCNc1nc(-c2cccc(-c3cnn(C)c3)c2)ncc1-c1cnn(C)c1. The molecule has 0 fully saturated rings. The molecule has 8 heteroatoms. The monoisotopic (exact) mass is 400 g/mol. The van der Waals surface area contributed by atoms with Crippen molar-refractivity contribution >= 4 is 5.82 Å². The molecule has 0 aliphatic carbocycles. The molecule has 3 aromatic heterocycles. The molecule has 1 aromatic carbocycles. The molecule has 8 nitrogen and oxygen atoms in total. The Balaban J connectivity index is 1.71. The van der Waals surface area contributed by atoms with Gasteiger partial charge in [-0.15, -0.1) is 0 Å². The number of aromatic nitrogens is 6. The molecule has 0 aliphatic rings. The Kier molecular flexibility index (Phi) is 5.30. The first kappa shape index (κ1) is 19.4. The Morgan fingerprint density at radius 2 is 1.70 bits per heavy atom. The molecule has 0 unspecified atom stereocenters. The fourth-order valence-corrected chi connectivity index (χ4v) is 3.18. The molecular formula is C22H24N8. The molecule has 3 heterocycles. The van der Waals surface area contributed by atoms with Gasteiger partial charge in [-0.25, -0.2) is 9.97 Å². The predicted octanol–water partition coefficient (Wildman–Crippen LogP) is 3.22. The molecule has 152 valence electrons. The normalized spacial score (nSPS) is 10.9. The van der Waals surface area contributed by atoms with Gasteiger partial charge < -0.3 is 11.1 Å². The third-order valence-corrected chi connectivity index (χ3v) is 4.70. The fourth-order valence-electron chi connectivity index (χ4n) is 3.18. The highest BCUT2D eigenvalue weighted by molar-refractivity contribution is 5.76. The smallest absolute Gasteiger partial charge is 0.161 e. The highest BCUT2D eigenvalue weighted by Crippen LogP contribution is 2.29. The zero-order valence-corrected chi connectivity index (χ0v) is 17.1. The number of nitrogens with zero attached hydrogens (tertiary/aromatic N) is 6. The lowest BCUT2D eigenvalue weighted by atomic mass is 10.1. The quantitative estimate of drug-likeness (QED) is 0.494. The summed E-state index contributed by atoms with van der Waals surface area (Å²) >= 11 is 0. The van der Waals surface area contributed by atoms with Crippen molar-refractivity contribution in [2.45, 2.75) is 6.42 Å². The number of benzene rings is 1. The lowest BCUT2D eigenvalue weighted by molar-refractivity contribution is 0.768. The number of rotatable bonds is 7. The van der Waals surface area contributed by atoms with E-state index in [9.17, 15) is 0 Å². The highest BCUT2D eigenvalue weighted by atomic mass is 15.2. The Hall–Kier alpha value is -3.94. The van der Waals surface area contributed by atoms with E-state index in [1.807, 2.05) is 51.0 Å². The van der Waals surface area contributed by atoms with Gasteiger partial charge >= 0.3 is 0 Å². The minimum atomic E-state index is 0.629. The second-order valence-electron chi connectivity index (χ2n) is 7.18. The van der Waals surface area contributed by atoms with Crippen LogP contribution in [0.15, 0.2) is 67.5 Å². The van der Waals surface area contributed by atoms with Crippen LogP contribution in [-0.4, -0.2) is 36.1 Å². The Bertz CT molecular complexity index is 1190. The van der Waals surface area contributed by atoms with Gasteiger partial charge in [0.1, 0.15) is 5.82 Å². The van der Waals surface area contributed by atoms with Crippen LogP contribution in [0.5, 0.6) is 0 Å². The molecule has 0 amide bonds. The van der Waals surface area contributed by atoms with Crippen LogP contribution >= 0.6 is 0 Å². The Morgan fingerprint density at radius 3 is 2.37 bits per heavy atom. The van der Waals surface area contributed by atoms with E-state index in [1.165, 1.54) is 0 Å². The van der Waals surface area contributed by atoms with Crippen molar-refractivity contribution in [3.8, 4) is 33.6 Å². The van der Waals surface area contributed by atoms with E-state index < -0.39 is 0 Å². The van der Waals surface area contributed by atoms with E-state index in [0.29, 0.717) is 24.5 Å². The summed E-state index contributed by atoms with van der Waals surface area (Å²) in [5.41, 5.74) is 11.2. The Morgan fingerprint density at radius 1 is 1.00 bits per heavy atom. The van der Waals surface area contributed by atoms with Gasteiger partial charge in [0.15, 0.2) is 5.82 Å². The van der Waals surface area contributed by atoms with Crippen molar-refractivity contribution in [3.63, 3.8) is 0 Å². The summed E-state index contributed by atoms with van der Waals surface area (Å²) in [7, 11) is 3.79. The molecule has 0 saturated carbocycles. The van der Waals surface area contributed by atoms with E-state index in [1.54, 1.807) is 15.6 Å². The van der Waals surface area contributed by atoms with Gasteiger partial charge in [0.2, 0.25) is 0 Å². The number of aryl methyl sites for hydroxylation is 2. The largest absolute Gasteiger partial charge is 0.402 e. The molecule has 3 N–H and O–H groups in total.